The van der Waals surface area contributed by atoms with Crippen molar-refractivity contribution in [3.63, 3.8) is 0 Å². The minimum Gasteiger partial charge on any atom is -0.481 e. The molecular formula is C30H30N2O5. The Morgan fingerprint density at radius 2 is 1.73 bits per heavy atom. The second kappa shape index (κ2) is 10.8. The summed E-state index contributed by atoms with van der Waals surface area (Å²) >= 11 is 0. The summed E-state index contributed by atoms with van der Waals surface area (Å²) in [7, 11) is 0. The van der Waals surface area contributed by atoms with Crippen LogP contribution in [0.15, 0.2) is 60.7 Å². The van der Waals surface area contributed by atoms with E-state index in [4.69, 9.17) is 10.1 Å². The zero-order valence-electron chi connectivity index (χ0n) is 21.2. The summed E-state index contributed by atoms with van der Waals surface area (Å²) in [5.41, 5.74) is 4.73. The number of unbranched alkanes of at least 4 members (excludes halogenated alkanes) is 1. The van der Waals surface area contributed by atoms with Crippen LogP contribution in [0, 0.1) is 12.8 Å². The van der Waals surface area contributed by atoms with Crippen molar-refractivity contribution in [1.82, 2.24) is 9.55 Å². The van der Waals surface area contributed by atoms with Crippen LogP contribution in [0.25, 0.3) is 27.8 Å². The predicted octanol–water partition coefficient (Wildman–Crippen LogP) is 6.34. The standard InChI is InChI=1S/C30H30N2O5/c1-4-5-11-26-31-23-14-12-21(29(35)18(2)16-27(33)34)17-25(23)32(26)24-15-13-22(20-9-7-6-8-10-20)28(19(24)3)30(36)37/h6-10,12-15,17-18H,4-5,11,16H2,1-3H3,(H,33,34)(H,36,37). The number of ketones is 1. The Balaban J connectivity index is 1.93. The molecule has 0 aliphatic carbocycles. The van der Waals surface area contributed by atoms with Crippen LogP contribution < -0.4 is 0 Å². The Kier molecular flexibility index (Phi) is 7.53. The number of aryl methyl sites for hydroxylation is 1. The molecule has 1 heterocycles. The van der Waals surface area contributed by atoms with Crippen molar-refractivity contribution < 1.29 is 24.6 Å². The van der Waals surface area contributed by atoms with Crippen LogP contribution >= 0.6 is 0 Å². The van der Waals surface area contributed by atoms with Crippen LogP contribution in [0.5, 0.6) is 0 Å². The lowest BCUT2D eigenvalue weighted by atomic mass is 9.94. The van der Waals surface area contributed by atoms with E-state index in [1.807, 2.05) is 47.0 Å². The van der Waals surface area contributed by atoms with E-state index in [9.17, 15) is 19.5 Å². The highest BCUT2D eigenvalue weighted by Crippen LogP contribution is 2.33. The summed E-state index contributed by atoms with van der Waals surface area (Å²) in [6, 6.07) is 18.3. The number of carbonyl (C=O) groups is 3. The lowest BCUT2D eigenvalue weighted by Crippen LogP contribution is -2.15. The van der Waals surface area contributed by atoms with E-state index >= 15 is 0 Å². The third kappa shape index (κ3) is 5.16. The Bertz CT molecular complexity index is 1490. The van der Waals surface area contributed by atoms with Crippen molar-refractivity contribution in [2.75, 3.05) is 0 Å². The van der Waals surface area contributed by atoms with Gasteiger partial charge in [-0.2, -0.15) is 0 Å². The molecule has 2 N–H and O–H groups in total. The van der Waals surface area contributed by atoms with Crippen molar-refractivity contribution in [2.24, 2.45) is 5.92 Å². The maximum Gasteiger partial charge on any atom is 0.336 e. The first-order chi connectivity index (χ1) is 17.7. The molecule has 3 aromatic carbocycles. The van der Waals surface area contributed by atoms with E-state index in [1.54, 1.807) is 32.0 Å². The third-order valence-electron chi connectivity index (χ3n) is 6.67. The van der Waals surface area contributed by atoms with Gasteiger partial charge < -0.3 is 10.2 Å². The number of fused-ring (bicyclic) bond motifs is 1. The van der Waals surface area contributed by atoms with E-state index < -0.39 is 17.9 Å². The van der Waals surface area contributed by atoms with Gasteiger partial charge in [0.1, 0.15) is 5.82 Å². The monoisotopic (exact) mass is 498 g/mol. The maximum absolute atomic E-state index is 13.0. The molecular weight excluding hydrogens is 468 g/mol. The number of rotatable bonds is 10. The number of Topliss-reactive ketones (excluding diaryl/α,β-unsaturated/α-hetero) is 1. The molecule has 0 amide bonds. The Morgan fingerprint density at radius 1 is 1.00 bits per heavy atom. The minimum atomic E-state index is -1.02. The second-order valence-electron chi connectivity index (χ2n) is 9.34. The van der Waals surface area contributed by atoms with Gasteiger partial charge in [0.25, 0.3) is 0 Å². The zero-order valence-corrected chi connectivity index (χ0v) is 21.2. The van der Waals surface area contributed by atoms with E-state index in [0.717, 1.165) is 24.2 Å². The Morgan fingerprint density at radius 3 is 2.38 bits per heavy atom. The van der Waals surface area contributed by atoms with E-state index in [-0.39, 0.29) is 17.8 Å². The van der Waals surface area contributed by atoms with Crippen molar-refractivity contribution in [3.8, 4) is 16.8 Å². The molecule has 1 unspecified atom stereocenters. The summed E-state index contributed by atoms with van der Waals surface area (Å²) in [6.07, 6.45) is 2.30. The van der Waals surface area contributed by atoms with E-state index in [1.165, 1.54) is 0 Å². The zero-order chi connectivity index (χ0) is 26.7. The van der Waals surface area contributed by atoms with Crippen LogP contribution in [0.4, 0.5) is 0 Å². The molecule has 4 aromatic rings. The first-order valence-corrected chi connectivity index (χ1v) is 12.4. The predicted molar refractivity (Wildman–Crippen MR) is 143 cm³/mol. The molecule has 0 saturated heterocycles. The van der Waals surface area contributed by atoms with Crippen LogP contribution in [-0.2, 0) is 11.2 Å². The van der Waals surface area contributed by atoms with Gasteiger partial charge >= 0.3 is 11.9 Å². The Hall–Kier alpha value is -4.26. The summed E-state index contributed by atoms with van der Waals surface area (Å²) in [5.74, 6) is -2.18. The number of aliphatic carboxylic acids is 1. The number of aromatic carboxylic acids is 1. The van der Waals surface area contributed by atoms with Crippen LogP contribution in [0.2, 0.25) is 0 Å². The molecule has 0 aliphatic heterocycles. The quantitative estimate of drug-likeness (QED) is 0.247. The molecule has 0 bridgehead atoms. The van der Waals surface area contributed by atoms with Gasteiger partial charge in [0.15, 0.2) is 5.78 Å². The molecule has 190 valence electrons. The van der Waals surface area contributed by atoms with Gasteiger partial charge in [0.2, 0.25) is 0 Å². The smallest absolute Gasteiger partial charge is 0.336 e. The normalized spacial score (nSPS) is 12.0. The SMILES string of the molecule is CCCCc1nc2ccc(C(=O)C(C)CC(=O)O)cc2n1-c1ccc(-c2ccccc2)c(C(=O)O)c1C. The molecule has 1 aromatic heterocycles. The number of carboxylic acid groups (broad SMARTS) is 2. The molecule has 7 heteroatoms. The van der Waals surface area contributed by atoms with Gasteiger partial charge in [-0.3, -0.25) is 14.2 Å². The number of carbonyl (C=O) groups excluding carboxylic acids is 1. The van der Waals surface area contributed by atoms with Gasteiger partial charge in [-0.1, -0.05) is 56.7 Å². The molecule has 7 nitrogen and oxygen atoms in total. The summed E-state index contributed by atoms with van der Waals surface area (Å²) in [6.45, 7) is 5.50. The molecule has 37 heavy (non-hydrogen) atoms. The van der Waals surface area contributed by atoms with Crippen molar-refractivity contribution >= 4 is 28.8 Å². The lowest BCUT2D eigenvalue weighted by molar-refractivity contribution is -0.137. The second-order valence-corrected chi connectivity index (χ2v) is 9.34. The van der Waals surface area contributed by atoms with E-state index in [0.29, 0.717) is 39.8 Å². The van der Waals surface area contributed by atoms with Crippen LogP contribution in [0.1, 0.15) is 65.2 Å². The third-order valence-corrected chi connectivity index (χ3v) is 6.67. The van der Waals surface area contributed by atoms with Crippen LogP contribution in [0.3, 0.4) is 0 Å². The lowest BCUT2D eigenvalue weighted by Gasteiger charge is -2.17. The van der Waals surface area contributed by atoms with Crippen LogP contribution in [-0.4, -0.2) is 37.5 Å². The fourth-order valence-electron chi connectivity index (χ4n) is 4.77. The highest BCUT2D eigenvalue weighted by molar-refractivity contribution is 6.02. The van der Waals surface area contributed by atoms with Crippen molar-refractivity contribution in [3.05, 3.63) is 83.2 Å². The van der Waals surface area contributed by atoms with Gasteiger partial charge in [-0.15, -0.1) is 0 Å². The minimum absolute atomic E-state index is 0.217. The number of imidazole rings is 1. The molecule has 1 atom stereocenters. The largest absolute Gasteiger partial charge is 0.481 e. The molecule has 0 saturated carbocycles. The number of nitrogens with zero attached hydrogens (tertiary/aromatic N) is 2. The molecule has 0 spiro atoms. The number of benzene rings is 3. The number of hydrogen-bond donors (Lipinski definition) is 2. The van der Waals surface area contributed by atoms with Gasteiger partial charge in [-0.05, 0) is 54.3 Å². The number of hydrogen-bond acceptors (Lipinski definition) is 4. The van der Waals surface area contributed by atoms with Crippen molar-refractivity contribution in [1.29, 1.82) is 0 Å². The molecule has 4 rings (SSSR count). The fraction of sp³-hybridized carbons (Fsp3) is 0.267. The van der Waals surface area contributed by atoms with Gasteiger partial charge in [0, 0.05) is 17.9 Å². The molecule has 0 fully saturated rings. The van der Waals surface area contributed by atoms with Crippen molar-refractivity contribution in [2.45, 2.75) is 46.5 Å². The average Bonchev–Trinajstić information content (AvgIpc) is 3.23. The first-order valence-electron chi connectivity index (χ1n) is 12.4. The van der Waals surface area contributed by atoms with Gasteiger partial charge in [0.05, 0.1) is 28.7 Å². The first kappa shape index (κ1) is 25.8. The summed E-state index contributed by atoms with van der Waals surface area (Å²) < 4.78 is 1.94. The number of aromatic nitrogens is 2. The summed E-state index contributed by atoms with van der Waals surface area (Å²) in [4.78, 5) is 41.4. The molecule has 0 aliphatic rings. The highest BCUT2D eigenvalue weighted by Gasteiger charge is 2.23. The topological polar surface area (TPSA) is 109 Å². The van der Waals surface area contributed by atoms with E-state index in [2.05, 4.69) is 6.92 Å². The number of carboxylic acids is 2. The fourth-order valence-corrected chi connectivity index (χ4v) is 4.77. The maximum atomic E-state index is 13.0. The van der Waals surface area contributed by atoms with Gasteiger partial charge in [-0.25, -0.2) is 9.78 Å². The average molecular weight is 499 g/mol. The Labute approximate surface area is 215 Å². The summed E-state index contributed by atoms with van der Waals surface area (Å²) in [5, 5.41) is 19.3. The highest BCUT2D eigenvalue weighted by atomic mass is 16.4. The molecule has 0 radical (unpaired) electrons.